The van der Waals surface area contributed by atoms with Crippen molar-refractivity contribution in [2.75, 3.05) is 12.0 Å². The maximum absolute atomic E-state index is 12.7. The molecule has 0 radical (unpaired) electrons. The summed E-state index contributed by atoms with van der Waals surface area (Å²) >= 11 is 0. The highest BCUT2D eigenvalue weighted by Gasteiger charge is 2.36. The van der Waals surface area contributed by atoms with Crippen molar-refractivity contribution in [2.45, 2.75) is 0 Å². The molecule has 1 fully saturated rings. The number of urea groups is 1. The van der Waals surface area contributed by atoms with E-state index in [0.29, 0.717) is 16.8 Å². The van der Waals surface area contributed by atoms with Crippen molar-refractivity contribution >= 4 is 35.6 Å². The number of barbiturate groups is 1. The summed E-state index contributed by atoms with van der Waals surface area (Å²) in [4.78, 5) is 49.2. The number of methoxy groups -OCH3 is 1. The van der Waals surface area contributed by atoms with E-state index in [9.17, 15) is 19.2 Å². The number of anilines is 1. The van der Waals surface area contributed by atoms with Gasteiger partial charge in [-0.25, -0.2) is 14.5 Å². The summed E-state index contributed by atoms with van der Waals surface area (Å²) in [6, 6.07) is 13.7. The molecule has 1 aliphatic heterocycles. The zero-order chi connectivity index (χ0) is 18.7. The highest BCUT2D eigenvalue weighted by atomic mass is 16.5. The summed E-state index contributed by atoms with van der Waals surface area (Å²) in [6.07, 6.45) is 1.36. The molecular weight excluding hydrogens is 336 g/mol. The monoisotopic (exact) mass is 350 g/mol. The Morgan fingerprint density at radius 1 is 1.00 bits per heavy atom. The lowest BCUT2D eigenvalue weighted by atomic mass is 10.1. The number of ether oxygens (including phenoxy) is 1. The third kappa shape index (κ3) is 3.23. The molecule has 0 aromatic heterocycles. The number of rotatable bonds is 3. The van der Waals surface area contributed by atoms with Crippen LogP contribution in [0, 0.1) is 0 Å². The van der Waals surface area contributed by atoms with Gasteiger partial charge in [-0.3, -0.25) is 14.9 Å². The molecule has 0 atom stereocenters. The van der Waals surface area contributed by atoms with Gasteiger partial charge in [0.1, 0.15) is 5.57 Å². The van der Waals surface area contributed by atoms with E-state index in [0.717, 1.165) is 4.90 Å². The van der Waals surface area contributed by atoms with Gasteiger partial charge in [-0.05, 0) is 35.9 Å². The molecule has 1 saturated heterocycles. The van der Waals surface area contributed by atoms with Gasteiger partial charge in [0, 0.05) is 0 Å². The minimum absolute atomic E-state index is 0.181. The third-order valence-corrected chi connectivity index (χ3v) is 3.76. The highest BCUT2D eigenvalue weighted by molar-refractivity contribution is 6.39. The topological polar surface area (TPSA) is 92.8 Å². The average molecular weight is 350 g/mol. The van der Waals surface area contributed by atoms with E-state index in [2.05, 4.69) is 10.1 Å². The molecular formula is C19H14N2O5. The van der Waals surface area contributed by atoms with Crippen LogP contribution in [0.5, 0.6) is 0 Å². The van der Waals surface area contributed by atoms with Crippen LogP contribution in [0.4, 0.5) is 10.5 Å². The fraction of sp³-hybridized carbons (Fsp3) is 0.0526. The number of hydrogen-bond donors (Lipinski definition) is 1. The van der Waals surface area contributed by atoms with Gasteiger partial charge in [-0.2, -0.15) is 0 Å². The Balaban J connectivity index is 1.94. The molecule has 4 amide bonds. The van der Waals surface area contributed by atoms with Crippen LogP contribution < -0.4 is 10.2 Å². The zero-order valence-electron chi connectivity index (χ0n) is 13.8. The first-order valence-corrected chi connectivity index (χ1v) is 7.66. The maximum atomic E-state index is 12.7. The summed E-state index contributed by atoms with van der Waals surface area (Å²) < 4.78 is 4.62. The Morgan fingerprint density at radius 2 is 1.65 bits per heavy atom. The lowest BCUT2D eigenvalue weighted by molar-refractivity contribution is -0.122. The number of nitrogens with one attached hydrogen (secondary N) is 1. The Morgan fingerprint density at radius 3 is 2.27 bits per heavy atom. The lowest BCUT2D eigenvalue weighted by Gasteiger charge is -2.26. The number of amides is 4. The molecule has 7 nitrogen and oxygen atoms in total. The van der Waals surface area contributed by atoms with E-state index in [1.807, 2.05) is 0 Å². The van der Waals surface area contributed by atoms with Crippen LogP contribution in [0.2, 0.25) is 0 Å². The van der Waals surface area contributed by atoms with Crippen LogP contribution in [-0.4, -0.2) is 30.9 Å². The summed E-state index contributed by atoms with van der Waals surface area (Å²) in [5.74, 6) is -1.98. The molecule has 3 rings (SSSR count). The fourth-order valence-corrected chi connectivity index (χ4v) is 2.47. The van der Waals surface area contributed by atoms with Crippen LogP contribution >= 0.6 is 0 Å². The van der Waals surface area contributed by atoms with Gasteiger partial charge >= 0.3 is 12.0 Å². The predicted molar refractivity (Wildman–Crippen MR) is 93.2 cm³/mol. The summed E-state index contributed by atoms with van der Waals surface area (Å²) in [5, 5.41) is 2.15. The number of esters is 1. The van der Waals surface area contributed by atoms with Crippen molar-refractivity contribution < 1.29 is 23.9 Å². The first-order valence-electron chi connectivity index (χ1n) is 7.66. The van der Waals surface area contributed by atoms with Crippen molar-refractivity contribution in [2.24, 2.45) is 0 Å². The number of carbonyl (C=O) groups excluding carboxylic acids is 4. The van der Waals surface area contributed by atoms with Crippen LogP contribution in [0.1, 0.15) is 15.9 Å². The van der Waals surface area contributed by atoms with Gasteiger partial charge in [0.15, 0.2) is 0 Å². The molecule has 1 N–H and O–H groups in total. The number of nitrogens with zero attached hydrogens (tertiary/aromatic N) is 1. The number of carbonyl (C=O) groups is 4. The van der Waals surface area contributed by atoms with Gasteiger partial charge in [0.05, 0.1) is 18.4 Å². The standard InChI is InChI=1S/C19H14N2O5/c1-26-18(24)13-9-7-12(8-10-13)11-15-16(22)20-19(25)21(17(15)23)14-5-3-2-4-6-14/h2-11H,1H3,(H,20,22,25)/b15-11+. The van der Waals surface area contributed by atoms with Gasteiger partial charge in [-0.1, -0.05) is 30.3 Å². The van der Waals surface area contributed by atoms with E-state index in [1.165, 1.54) is 25.3 Å². The smallest absolute Gasteiger partial charge is 0.337 e. The van der Waals surface area contributed by atoms with E-state index in [4.69, 9.17) is 0 Å². The SMILES string of the molecule is COC(=O)c1ccc(/C=C2\C(=O)NC(=O)N(c3ccccc3)C2=O)cc1. The van der Waals surface area contributed by atoms with E-state index in [1.54, 1.807) is 42.5 Å². The largest absolute Gasteiger partial charge is 0.465 e. The molecule has 2 aromatic carbocycles. The Hall–Kier alpha value is -3.74. The molecule has 1 aliphatic rings. The maximum Gasteiger partial charge on any atom is 0.337 e. The molecule has 0 aliphatic carbocycles. The van der Waals surface area contributed by atoms with Crippen molar-refractivity contribution in [3.63, 3.8) is 0 Å². The minimum atomic E-state index is -0.801. The molecule has 2 aromatic rings. The molecule has 1 heterocycles. The minimum Gasteiger partial charge on any atom is -0.465 e. The van der Waals surface area contributed by atoms with Crippen molar-refractivity contribution in [3.05, 3.63) is 71.3 Å². The Labute approximate surface area is 148 Å². The van der Waals surface area contributed by atoms with Crippen molar-refractivity contribution in [3.8, 4) is 0 Å². The second-order valence-electron chi connectivity index (χ2n) is 5.41. The summed E-state index contributed by atoms with van der Waals surface area (Å²) in [7, 11) is 1.28. The predicted octanol–water partition coefficient (Wildman–Crippen LogP) is 2.14. The van der Waals surface area contributed by atoms with E-state index in [-0.39, 0.29) is 5.57 Å². The van der Waals surface area contributed by atoms with E-state index < -0.39 is 23.8 Å². The van der Waals surface area contributed by atoms with Crippen LogP contribution in [0.3, 0.4) is 0 Å². The number of para-hydroxylation sites is 1. The third-order valence-electron chi connectivity index (χ3n) is 3.76. The highest BCUT2D eigenvalue weighted by Crippen LogP contribution is 2.21. The Bertz CT molecular complexity index is 917. The molecule has 26 heavy (non-hydrogen) atoms. The van der Waals surface area contributed by atoms with Gasteiger partial charge in [0.25, 0.3) is 11.8 Å². The second kappa shape index (κ2) is 7.02. The molecule has 0 bridgehead atoms. The van der Waals surface area contributed by atoms with Crippen LogP contribution in [0.15, 0.2) is 60.2 Å². The number of hydrogen-bond acceptors (Lipinski definition) is 5. The Kier molecular flexibility index (Phi) is 4.62. The average Bonchev–Trinajstić information content (AvgIpc) is 2.65. The van der Waals surface area contributed by atoms with Gasteiger partial charge in [0.2, 0.25) is 0 Å². The second-order valence-corrected chi connectivity index (χ2v) is 5.41. The van der Waals surface area contributed by atoms with Gasteiger partial charge < -0.3 is 4.74 Å². The molecule has 130 valence electrons. The van der Waals surface area contributed by atoms with Gasteiger partial charge in [-0.15, -0.1) is 0 Å². The fourth-order valence-electron chi connectivity index (χ4n) is 2.47. The summed E-state index contributed by atoms with van der Waals surface area (Å²) in [6.45, 7) is 0. The number of imide groups is 2. The lowest BCUT2D eigenvalue weighted by Crippen LogP contribution is -2.54. The normalized spacial score (nSPS) is 15.8. The van der Waals surface area contributed by atoms with E-state index >= 15 is 0 Å². The van der Waals surface area contributed by atoms with Crippen molar-refractivity contribution in [1.82, 2.24) is 5.32 Å². The van der Waals surface area contributed by atoms with Crippen LogP contribution in [0.25, 0.3) is 6.08 Å². The first kappa shape index (κ1) is 17.1. The molecule has 0 saturated carbocycles. The molecule has 0 spiro atoms. The molecule has 0 unspecified atom stereocenters. The quantitative estimate of drug-likeness (QED) is 0.520. The zero-order valence-corrected chi connectivity index (χ0v) is 13.8. The van der Waals surface area contributed by atoms with Crippen molar-refractivity contribution in [1.29, 1.82) is 0 Å². The molecule has 7 heteroatoms. The van der Waals surface area contributed by atoms with Crippen LogP contribution in [-0.2, 0) is 14.3 Å². The summed E-state index contributed by atoms with van der Waals surface area (Å²) in [5.41, 5.74) is 1.04. The number of benzene rings is 2. The first-order chi connectivity index (χ1) is 12.5.